The Morgan fingerprint density at radius 1 is 1.05 bits per heavy atom. The highest BCUT2D eigenvalue weighted by Gasteiger charge is 2.02. The Bertz CT molecular complexity index is 687. The summed E-state index contributed by atoms with van der Waals surface area (Å²) in [4.78, 5) is 0. The van der Waals surface area contributed by atoms with Crippen LogP contribution in [0.25, 0.3) is 0 Å². The summed E-state index contributed by atoms with van der Waals surface area (Å²) in [6, 6.07) is 14.3. The Balaban J connectivity index is 2.03. The van der Waals surface area contributed by atoms with Crippen molar-refractivity contribution in [1.29, 1.82) is 0 Å². The Hall–Kier alpha value is -1.76. The van der Waals surface area contributed by atoms with Gasteiger partial charge >= 0.3 is 0 Å². The summed E-state index contributed by atoms with van der Waals surface area (Å²) in [5.74, 6) is 0. The first-order valence-corrected chi connectivity index (χ1v) is 7.74. The molecule has 2 rings (SSSR count). The second-order valence-corrected chi connectivity index (χ2v) is 5.94. The van der Waals surface area contributed by atoms with Crippen molar-refractivity contribution < 1.29 is 8.42 Å². The lowest BCUT2D eigenvalue weighted by molar-refractivity contribution is 0.603. The van der Waals surface area contributed by atoms with Crippen molar-refractivity contribution in [3.05, 3.63) is 59.1 Å². The van der Waals surface area contributed by atoms with Crippen molar-refractivity contribution in [2.24, 2.45) is 5.14 Å². The molecule has 106 valence electrons. The molecule has 0 spiro atoms. The minimum atomic E-state index is -3.76. The van der Waals surface area contributed by atoms with E-state index in [1.807, 2.05) is 30.3 Å². The smallest absolute Gasteiger partial charge is 0.296 e. The van der Waals surface area contributed by atoms with Crippen molar-refractivity contribution in [2.45, 2.75) is 6.54 Å². The summed E-state index contributed by atoms with van der Waals surface area (Å²) in [5.41, 5.74) is 2.27. The van der Waals surface area contributed by atoms with Gasteiger partial charge in [0.1, 0.15) is 0 Å². The fourth-order valence-corrected chi connectivity index (χ4v) is 2.24. The van der Waals surface area contributed by atoms with Crippen LogP contribution in [-0.4, -0.2) is 8.42 Å². The molecule has 0 saturated heterocycles. The Labute approximate surface area is 122 Å². The third kappa shape index (κ3) is 4.73. The number of rotatable bonds is 5. The maximum atomic E-state index is 11.0. The predicted octanol–water partition coefficient (Wildman–Crippen LogP) is 2.57. The number of nitrogens with one attached hydrogen (secondary N) is 2. The molecule has 0 saturated carbocycles. The summed E-state index contributed by atoms with van der Waals surface area (Å²) in [5, 5.41) is 8.80. The SMILES string of the molecule is NS(=O)(=O)Nc1cccc(NCc2ccc(Cl)cc2)c1. The van der Waals surface area contributed by atoms with Gasteiger partial charge in [0.05, 0.1) is 5.69 Å². The molecule has 2 aromatic carbocycles. The first kappa shape index (κ1) is 14.6. The van der Waals surface area contributed by atoms with Gasteiger partial charge in [-0.1, -0.05) is 29.8 Å². The zero-order chi connectivity index (χ0) is 14.6. The van der Waals surface area contributed by atoms with E-state index >= 15 is 0 Å². The number of hydrogen-bond donors (Lipinski definition) is 3. The molecular weight excluding hydrogens is 298 g/mol. The van der Waals surface area contributed by atoms with E-state index in [1.54, 1.807) is 18.2 Å². The van der Waals surface area contributed by atoms with Gasteiger partial charge in [0.2, 0.25) is 0 Å². The first-order chi connectivity index (χ1) is 9.42. The second-order valence-electron chi connectivity index (χ2n) is 4.21. The fourth-order valence-electron chi connectivity index (χ4n) is 1.66. The predicted molar refractivity (Wildman–Crippen MR) is 82.0 cm³/mol. The van der Waals surface area contributed by atoms with Gasteiger partial charge in [0.25, 0.3) is 10.2 Å². The lowest BCUT2D eigenvalue weighted by atomic mass is 10.2. The monoisotopic (exact) mass is 311 g/mol. The molecule has 0 aliphatic heterocycles. The molecule has 0 bridgehead atoms. The van der Waals surface area contributed by atoms with Gasteiger partial charge in [-0.15, -0.1) is 0 Å². The van der Waals surface area contributed by atoms with Crippen LogP contribution in [-0.2, 0) is 16.8 Å². The zero-order valence-corrected chi connectivity index (χ0v) is 12.1. The van der Waals surface area contributed by atoms with Crippen LogP contribution in [0.5, 0.6) is 0 Å². The second kappa shape index (κ2) is 6.13. The van der Waals surface area contributed by atoms with Crippen LogP contribution >= 0.6 is 11.6 Å². The highest BCUT2D eigenvalue weighted by atomic mass is 35.5. The summed E-state index contributed by atoms with van der Waals surface area (Å²) >= 11 is 5.81. The number of nitrogens with two attached hydrogens (primary N) is 1. The largest absolute Gasteiger partial charge is 0.381 e. The van der Waals surface area contributed by atoms with Gasteiger partial charge in [-0.25, -0.2) is 5.14 Å². The van der Waals surface area contributed by atoms with Crippen LogP contribution in [0.4, 0.5) is 11.4 Å². The van der Waals surface area contributed by atoms with Crippen LogP contribution in [0.3, 0.4) is 0 Å². The molecule has 0 radical (unpaired) electrons. The molecule has 20 heavy (non-hydrogen) atoms. The van der Waals surface area contributed by atoms with Crippen LogP contribution in [0.1, 0.15) is 5.56 Å². The van der Waals surface area contributed by atoms with Crippen LogP contribution in [0.2, 0.25) is 5.02 Å². The quantitative estimate of drug-likeness (QED) is 0.793. The molecule has 5 nitrogen and oxygen atoms in total. The lowest BCUT2D eigenvalue weighted by Crippen LogP contribution is -2.21. The summed E-state index contributed by atoms with van der Waals surface area (Å²) in [6.07, 6.45) is 0. The van der Waals surface area contributed by atoms with Gasteiger partial charge in [-0.3, -0.25) is 4.72 Å². The molecule has 0 amide bonds. The van der Waals surface area contributed by atoms with E-state index in [0.717, 1.165) is 11.3 Å². The molecule has 0 unspecified atom stereocenters. The van der Waals surface area contributed by atoms with Gasteiger partial charge in [-0.05, 0) is 35.9 Å². The summed E-state index contributed by atoms with van der Waals surface area (Å²) in [6.45, 7) is 0.607. The van der Waals surface area contributed by atoms with Crippen LogP contribution in [0, 0.1) is 0 Å². The van der Waals surface area contributed by atoms with E-state index in [2.05, 4.69) is 10.0 Å². The molecule has 2 aromatic rings. The molecule has 0 aliphatic rings. The third-order valence-corrected chi connectivity index (χ3v) is 3.30. The average Bonchev–Trinajstić information content (AvgIpc) is 2.36. The standard InChI is InChI=1S/C13H14ClN3O2S/c14-11-6-4-10(5-7-11)9-16-12-2-1-3-13(8-12)17-20(15,18)19/h1-8,16-17H,9H2,(H2,15,18,19). The first-order valence-electron chi connectivity index (χ1n) is 5.81. The molecule has 7 heteroatoms. The van der Waals surface area contributed by atoms with E-state index in [0.29, 0.717) is 17.3 Å². The van der Waals surface area contributed by atoms with E-state index in [9.17, 15) is 8.42 Å². The maximum Gasteiger partial charge on any atom is 0.296 e. The highest BCUT2D eigenvalue weighted by Crippen LogP contribution is 2.17. The fraction of sp³-hybridized carbons (Fsp3) is 0.0769. The molecule has 0 aromatic heterocycles. The average molecular weight is 312 g/mol. The number of benzene rings is 2. The van der Waals surface area contributed by atoms with Crippen molar-refractivity contribution in [3.8, 4) is 0 Å². The Morgan fingerprint density at radius 2 is 1.70 bits per heavy atom. The topological polar surface area (TPSA) is 84.2 Å². The van der Waals surface area contributed by atoms with E-state index in [-0.39, 0.29) is 0 Å². The number of anilines is 2. The van der Waals surface area contributed by atoms with Crippen molar-refractivity contribution in [1.82, 2.24) is 0 Å². The van der Waals surface area contributed by atoms with E-state index in [4.69, 9.17) is 16.7 Å². The van der Waals surface area contributed by atoms with Crippen molar-refractivity contribution >= 4 is 33.2 Å². The summed E-state index contributed by atoms with van der Waals surface area (Å²) < 4.78 is 24.1. The van der Waals surface area contributed by atoms with Gasteiger partial charge < -0.3 is 5.32 Å². The zero-order valence-electron chi connectivity index (χ0n) is 10.5. The molecular formula is C13H14ClN3O2S. The molecule has 0 heterocycles. The molecule has 4 N–H and O–H groups in total. The Kier molecular flexibility index (Phi) is 4.49. The molecule has 0 fully saturated rings. The minimum Gasteiger partial charge on any atom is -0.381 e. The minimum absolute atomic E-state index is 0.411. The molecule has 0 aliphatic carbocycles. The van der Waals surface area contributed by atoms with Crippen molar-refractivity contribution in [2.75, 3.05) is 10.0 Å². The van der Waals surface area contributed by atoms with Gasteiger partial charge in [0.15, 0.2) is 0 Å². The van der Waals surface area contributed by atoms with Gasteiger partial charge in [0, 0.05) is 17.3 Å². The van der Waals surface area contributed by atoms with E-state index in [1.165, 1.54) is 0 Å². The summed E-state index contributed by atoms with van der Waals surface area (Å²) in [7, 11) is -3.76. The van der Waals surface area contributed by atoms with Crippen molar-refractivity contribution in [3.63, 3.8) is 0 Å². The normalized spacial score (nSPS) is 11.1. The highest BCUT2D eigenvalue weighted by molar-refractivity contribution is 7.90. The maximum absolute atomic E-state index is 11.0. The van der Waals surface area contributed by atoms with Crippen LogP contribution in [0.15, 0.2) is 48.5 Å². The van der Waals surface area contributed by atoms with Gasteiger partial charge in [-0.2, -0.15) is 8.42 Å². The molecule has 0 atom stereocenters. The van der Waals surface area contributed by atoms with Crippen LogP contribution < -0.4 is 15.2 Å². The Morgan fingerprint density at radius 3 is 2.35 bits per heavy atom. The van der Waals surface area contributed by atoms with E-state index < -0.39 is 10.2 Å². The third-order valence-electron chi connectivity index (χ3n) is 2.53. The number of halogens is 1. The number of hydrogen-bond acceptors (Lipinski definition) is 3. The lowest BCUT2D eigenvalue weighted by Gasteiger charge is -2.09.